The molecule has 0 fully saturated rings. The van der Waals surface area contributed by atoms with E-state index in [1.807, 2.05) is 0 Å². The largest absolute Gasteiger partial charge is 0.382 e. The molecule has 84 valence electrons. The van der Waals surface area contributed by atoms with Gasteiger partial charge in [-0.3, -0.25) is 0 Å². The molecule has 15 heavy (non-hydrogen) atoms. The first-order chi connectivity index (χ1) is 7.34. The average Bonchev–Trinajstić information content (AvgIpc) is 2.25. The first kappa shape index (κ1) is 12.2. The molecule has 1 aromatic rings. The van der Waals surface area contributed by atoms with Crippen molar-refractivity contribution < 1.29 is 9.47 Å². The van der Waals surface area contributed by atoms with E-state index >= 15 is 0 Å². The van der Waals surface area contributed by atoms with E-state index in [4.69, 9.17) is 21.1 Å². The fraction of sp³-hybridized carbons (Fsp3) is 0.556. The molecule has 0 amide bonds. The molecule has 0 atom stereocenters. The number of nitrogens with one attached hydrogen (secondary N) is 1. The zero-order chi connectivity index (χ0) is 10.9. The van der Waals surface area contributed by atoms with Crippen LogP contribution in [-0.4, -0.2) is 43.4 Å². The summed E-state index contributed by atoms with van der Waals surface area (Å²) in [5.74, 6) is 0.627. The fourth-order valence-corrected chi connectivity index (χ4v) is 1.10. The van der Waals surface area contributed by atoms with Gasteiger partial charge >= 0.3 is 0 Å². The number of aromatic nitrogens is 2. The highest BCUT2D eigenvalue weighted by atomic mass is 35.5. The van der Waals surface area contributed by atoms with Crippen LogP contribution in [0.1, 0.15) is 0 Å². The van der Waals surface area contributed by atoms with Crippen molar-refractivity contribution >= 4 is 17.4 Å². The van der Waals surface area contributed by atoms with Crippen molar-refractivity contribution in [2.75, 3.05) is 38.8 Å². The van der Waals surface area contributed by atoms with Crippen LogP contribution in [0.5, 0.6) is 0 Å². The summed E-state index contributed by atoms with van der Waals surface area (Å²) >= 11 is 5.84. The Kier molecular flexibility index (Phi) is 5.99. The third-order valence-electron chi connectivity index (χ3n) is 1.64. The number of halogens is 1. The van der Waals surface area contributed by atoms with Gasteiger partial charge < -0.3 is 14.8 Å². The van der Waals surface area contributed by atoms with E-state index in [0.29, 0.717) is 37.2 Å². The van der Waals surface area contributed by atoms with Crippen molar-refractivity contribution in [2.24, 2.45) is 0 Å². The first-order valence-corrected chi connectivity index (χ1v) is 4.98. The Balaban J connectivity index is 2.12. The molecular weight excluding hydrogens is 218 g/mol. The van der Waals surface area contributed by atoms with Gasteiger partial charge in [0.05, 0.1) is 26.0 Å². The lowest BCUT2D eigenvalue weighted by Crippen LogP contribution is -2.12. The van der Waals surface area contributed by atoms with Gasteiger partial charge in [0, 0.05) is 13.7 Å². The molecule has 0 spiro atoms. The van der Waals surface area contributed by atoms with Gasteiger partial charge in [-0.15, -0.1) is 0 Å². The van der Waals surface area contributed by atoms with Crippen LogP contribution in [0.25, 0.3) is 0 Å². The molecule has 0 bridgehead atoms. The predicted octanol–water partition coefficient (Wildman–Crippen LogP) is 1.20. The lowest BCUT2D eigenvalue weighted by atomic mass is 10.5. The Morgan fingerprint density at radius 3 is 3.00 bits per heavy atom. The Morgan fingerprint density at radius 2 is 2.27 bits per heavy atom. The maximum Gasteiger partial charge on any atom is 0.148 e. The molecule has 5 nitrogen and oxygen atoms in total. The van der Waals surface area contributed by atoms with Crippen LogP contribution in [0.3, 0.4) is 0 Å². The monoisotopic (exact) mass is 231 g/mol. The minimum atomic E-state index is 0.509. The van der Waals surface area contributed by atoms with E-state index < -0.39 is 0 Å². The molecule has 0 saturated carbocycles. The second-order valence-electron chi connectivity index (χ2n) is 2.75. The Bertz CT molecular complexity index is 286. The smallest absolute Gasteiger partial charge is 0.148 e. The number of ether oxygens (including phenoxy) is 2. The van der Waals surface area contributed by atoms with Gasteiger partial charge in [-0.1, -0.05) is 11.6 Å². The van der Waals surface area contributed by atoms with Crippen molar-refractivity contribution in [2.45, 2.75) is 0 Å². The molecule has 1 aromatic heterocycles. The molecule has 1 rings (SSSR count). The van der Waals surface area contributed by atoms with Crippen molar-refractivity contribution in [3.05, 3.63) is 17.5 Å². The van der Waals surface area contributed by atoms with Gasteiger partial charge in [0.1, 0.15) is 17.2 Å². The highest BCUT2D eigenvalue weighted by Crippen LogP contribution is 2.15. The summed E-state index contributed by atoms with van der Waals surface area (Å²) < 4.78 is 10.1. The zero-order valence-corrected chi connectivity index (χ0v) is 9.33. The van der Waals surface area contributed by atoms with E-state index in [1.54, 1.807) is 13.3 Å². The SMILES string of the molecule is COCCOCCNc1ncncc1Cl. The van der Waals surface area contributed by atoms with Crippen LogP contribution in [0.4, 0.5) is 5.82 Å². The van der Waals surface area contributed by atoms with Crippen molar-refractivity contribution in [1.29, 1.82) is 0 Å². The Labute approximate surface area is 93.8 Å². The molecule has 0 radical (unpaired) electrons. The summed E-state index contributed by atoms with van der Waals surface area (Å²) in [5, 5.41) is 3.55. The minimum Gasteiger partial charge on any atom is -0.382 e. The maximum atomic E-state index is 5.84. The number of nitrogens with zero attached hydrogens (tertiary/aromatic N) is 2. The third-order valence-corrected chi connectivity index (χ3v) is 1.91. The summed E-state index contributed by atoms with van der Waals surface area (Å²) in [6.45, 7) is 2.44. The molecule has 0 saturated heterocycles. The van der Waals surface area contributed by atoms with Gasteiger partial charge in [0.25, 0.3) is 0 Å². The van der Waals surface area contributed by atoms with Crippen LogP contribution >= 0.6 is 11.6 Å². The number of methoxy groups -OCH3 is 1. The van der Waals surface area contributed by atoms with Gasteiger partial charge in [0.2, 0.25) is 0 Å². The van der Waals surface area contributed by atoms with Gasteiger partial charge in [-0.25, -0.2) is 9.97 Å². The molecular formula is C9H14ClN3O2. The standard InChI is InChI=1S/C9H14ClN3O2/c1-14-4-5-15-3-2-12-9-8(10)6-11-7-13-9/h6-7H,2-5H2,1H3,(H,11,12,13). The quantitative estimate of drug-likeness (QED) is 0.715. The second-order valence-corrected chi connectivity index (χ2v) is 3.16. The molecule has 0 unspecified atom stereocenters. The van der Waals surface area contributed by atoms with Crippen molar-refractivity contribution in [1.82, 2.24) is 9.97 Å². The lowest BCUT2D eigenvalue weighted by molar-refractivity contribution is 0.0759. The number of anilines is 1. The average molecular weight is 232 g/mol. The Hall–Kier alpha value is -0.910. The van der Waals surface area contributed by atoms with Crippen LogP contribution in [0.2, 0.25) is 5.02 Å². The maximum absolute atomic E-state index is 5.84. The summed E-state index contributed by atoms with van der Waals surface area (Å²) in [6.07, 6.45) is 2.99. The normalized spacial score (nSPS) is 10.3. The zero-order valence-electron chi connectivity index (χ0n) is 8.57. The van der Waals surface area contributed by atoms with E-state index in [9.17, 15) is 0 Å². The van der Waals surface area contributed by atoms with Crippen LogP contribution in [0.15, 0.2) is 12.5 Å². The van der Waals surface area contributed by atoms with Crippen LogP contribution in [-0.2, 0) is 9.47 Å². The first-order valence-electron chi connectivity index (χ1n) is 4.60. The Morgan fingerprint density at radius 1 is 1.40 bits per heavy atom. The molecule has 0 aliphatic rings. The summed E-state index contributed by atoms with van der Waals surface area (Å²) in [7, 11) is 1.64. The highest BCUT2D eigenvalue weighted by molar-refractivity contribution is 6.32. The summed E-state index contributed by atoms with van der Waals surface area (Å²) in [6, 6.07) is 0. The van der Waals surface area contributed by atoms with E-state index in [0.717, 1.165) is 0 Å². The van der Waals surface area contributed by atoms with E-state index in [1.165, 1.54) is 6.33 Å². The molecule has 1 N–H and O–H groups in total. The fourth-order valence-electron chi connectivity index (χ4n) is 0.929. The molecule has 0 aliphatic carbocycles. The predicted molar refractivity (Wildman–Crippen MR) is 58.2 cm³/mol. The van der Waals surface area contributed by atoms with Gasteiger partial charge in [0.15, 0.2) is 0 Å². The highest BCUT2D eigenvalue weighted by Gasteiger charge is 1.98. The summed E-state index contributed by atoms with van der Waals surface area (Å²) in [4.78, 5) is 7.76. The minimum absolute atomic E-state index is 0.509. The second kappa shape index (κ2) is 7.39. The van der Waals surface area contributed by atoms with Crippen LogP contribution in [0, 0.1) is 0 Å². The number of hydrogen-bond donors (Lipinski definition) is 1. The van der Waals surface area contributed by atoms with E-state index in [-0.39, 0.29) is 0 Å². The van der Waals surface area contributed by atoms with Crippen molar-refractivity contribution in [3.63, 3.8) is 0 Å². The van der Waals surface area contributed by atoms with Crippen molar-refractivity contribution in [3.8, 4) is 0 Å². The topological polar surface area (TPSA) is 56.3 Å². The lowest BCUT2D eigenvalue weighted by Gasteiger charge is -2.06. The third kappa shape index (κ3) is 4.92. The molecule has 1 heterocycles. The van der Waals surface area contributed by atoms with Crippen LogP contribution < -0.4 is 5.32 Å². The summed E-state index contributed by atoms with van der Waals surface area (Å²) in [5.41, 5.74) is 0. The van der Waals surface area contributed by atoms with Gasteiger partial charge in [-0.2, -0.15) is 0 Å². The number of rotatable bonds is 7. The molecule has 0 aliphatic heterocycles. The molecule has 6 heteroatoms. The molecule has 0 aromatic carbocycles. The number of hydrogen-bond acceptors (Lipinski definition) is 5. The van der Waals surface area contributed by atoms with Gasteiger partial charge in [-0.05, 0) is 0 Å². The van der Waals surface area contributed by atoms with E-state index in [2.05, 4.69) is 15.3 Å².